The molecule has 0 heterocycles. The lowest BCUT2D eigenvalue weighted by atomic mass is 10.0. The fraction of sp³-hybridized carbons (Fsp3) is 0.0417. The van der Waals surface area contributed by atoms with Crippen molar-refractivity contribution in [2.24, 2.45) is 0 Å². The summed E-state index contributed by atoms with van der Waals surface area (Å²) in [7, 11) is 2.56. The Morgan fingerprint density at radius 2 is 0.759 bits per heavy atom. The van der Waals surface area contributed by atoms with Gasteiger partial charge in [0, 0.05) is 11.1 Å². The maximum Gasteiger partial charge on any atom is 0.337 e. The number of nitriles is 2. The molecular weight excluding hydrogens is 733 g/mol. The SMILES string of the molecule is COC(=O)c1ccc(Oc2c(Oc3ccccc3-c3ccccc3)c(C#N)c(C#N)c(Oc3ccccc3-c3ccccc3)c2Oc2ccc(C(=O)OC)cc2)cc1. The standard InChI is InChI=1S/C48H32N2O8/c1-53-47(51)33-21-25-35(26-22-33)55-45-43(57-41-19-11-9-17-37(41)31-13-5-3-6-14-31)39(29-49)40(30-50)44(46(45)56-36-27-23-34(24-28-36)48(52)54-2)58-42-20-12-10-18-38(42)32-15-7-4-8-16-32/h3-28H,1-2H3. The van der Waals surface area contributed by atoms with Crippen molar-refractivity contribution in [3.05, 3.63) is 180 Å². The first-order chi connectivity index (χ1) is 28.4. The fourth-order valence-corrected chi connectivity index (χ4v) is 6.09. The van der Waals surface area contributed by atoms with Gasteiger partial charge in [0.15, 0.2) is 11.5 Å². The quantitative estimate of drug-likeness (QED) is 0.111. The highest BCUT2D eigenvalue weighted by Gasteiger charge is 2.32. The Balaban J connectivity index is 1.50. The number of methoxy groups -OCH3 is 2. The molecule has 0 bridgehead atoms. The van der Waals surface area contributed by atoms with E-state index in [1.807, 2.05) is 84.9 Å². The van der Waals surface area contributed by atoms with Crippen LogP contribution < -0.4 is 18.9 Å². The summed E-state index contributed by atoms with van der Waals surface area (Å²) < 4.78 is 36.3. The molecule has 0 fully saturated rings. The van der Waals surface area contributed by atoms with Gasteiger partial charge in [-0.25, -0.2) is 9.59 Å². The molecule has 0 amide bonds. The van der Waals surface area contributed by atoms with Crippen LogP contribution in [0.5, 0.6) is 46.0 Å². The first-order valence-electron chi connectivity index (χ1n) is 17.8. The Morgan fingerprint density at radius 1 is 0.414 bits per heavy atom. The average molecular weight is 765 g/mol. The second-order valence-electron chi connectivity index (χ2n) is 12.5. The summed E-state index contributed by atoms with van der Waals surface area (Å²) in [5, 5.41) is 21.8. The van der Waals surface area contributed by atoms with Crippen LogP contribution in [0.15, 0.2) is 158 Å². The van der Waals surface area contributed by atoms with Crippen LogP contribution in [0.25, 0.3) is 22.3 Å². The average Bonchev–Trinajstić information content (AvgIpc) is 3.28. The van der Waals surface area contributed by atoms with Gasteiger partial charge in [-0.1, -0.05) is 97.1 Å². The highest BCUT2D eigenvalue weighted by molar-refractivity contribution is 5.90. The van der Waals surface area contributed by atoms with Crippen molar-refractivity contribution in [3.63, 3.8) is 0 Å². The van der Waals surface area contributed by atoms with Gasteiger partial charge in [-0.15, -0.1) is 0 Å². The van der Waals surface area contributed by atoms with Crippen molar-refractivity contribution in [1.29, 1.82) is 10.5 Å². The van der Waals surface area contributed by atoms with E-state index in [2.05, 4.69) is 12.1 Å². The van der Waals surface area contributed by atoms with E-state index >= 15 is 0 Å². The fourth-order valence-electron chi connectivity index (χ4n) is 6.09. The topological polar surface area (TPSA) is 137 Å². The number of carbonyl (C=O) groups excluding carboxylic acids is 2. The first-order valence-corrected chi connectivity index (χ1v) is 17.8. The lowest BCUT2D eigenvalue weighted by Crippen LogP contribution is -2.05. The Hall–Kier alpha value is -8.34. The van der Waals surface area contributed by atoms with Crippen LogP contribution in [0.4, 0.5) is 0 Å². The molecule has 7 aromatic rings. The molecule has 0 unspecified atom stereocenters. The Kier molecular flexibility index (Phi) is 11.4. The maximum atomic E-state index is 12.3. The third-order valence-electron chi connectivity index (χ3n) is 8.90. The predicted molar refractivity (Wildman–Crippen MR) is 215 cm³/mol. The molecule has 0 radical (unpaired) electrons. The van der Waals surface area contributed by atoms with Crippen LogP contribution >= 0.6 is 0 Å². The van der Waals surface area contributed by atoms with E-state index < -0.39 is 11.9 Å². The minimum atomic E-state index is -0.551. The van der Waals surface area contributed by atoms with Gasteiger partial charge >= 0.3 is 11.9 Å². The number of nitrogens with zero attached hydrogens (tertiary/aromatic N) is 2. The van der Waals surface area contributed by atoms with Crippen LogP contribution in [-0.4, -0.2) is 26.2 Å². The molecule has 0 aliphatic carbocycles. The minimum absolute atomic E-state index is 0.131. The zero-order valence-corrected chi connectivity index (χ0v) is 31.2. The van der Waals surface area contributed by atoms with Crippen molar-refractivity contribution in [2.45, 2.75) is 0 Å². The number of ether oxygens (including phenoxy) is 6. The number of hydrogen-bond acceptors (Lipinski definition) is 10. The highest BCUT2D eigenvalue weighted by Crippen LogP contribution is 2.55. The monoisotopic (exact) mass is 764 g/mol. The second-order valence-corrected chi connectivity index (χ2v) is 12.5. The number of esters is 2. The van der Waals surface area contributed by atoms with Gasteiger partial charge in [-0.05, 0) is 71.8 Å². The predicted octanol–water partition coefficient (Wildman–Crippen LogP) is 11.5. The van der Waals surface area contributed by atoms with Crippen LogP contribution in [0.1, 0.15) is 31.8 Å². The molecule has 58 heavy (non-hydrogen) atoms. The van der Waals surface area contributed by atoms with Crippen molar-refractivity contribution in [1.82, 2.24) is 0 Å². The van der Waals surface area contributed by atoms with Crippen molar-refractivity contribution < 1.29 is 38.0 Å². The molecule has 0 aliphatic heterocycles. The Morgan fingerprint density at radius 3 is 1.10 bits per heavy atom. The molecule has 0 saturated carbocycles. The number of hydrogen-bond donors (Lipinski definition) is 0. The van der Waals surface area contributed by atoms with Gasteiger partial charge in [-0.3, -0.25) is 0 Å². The van der Waals surface area contributed by atoms with Crippen molar-refractivity contribution in [2.75, 3.05) is 14.2 Å². The third-order valence-corrected chi connectivity index (χ3v) is 8.90. The summed E-state index contributed by atoms with van der Waals surface area (Å²) in [4.78, 5) is 24.6. The van der Waals surface area contributed by atoms with Crippen molar-refractivity contribution >= 4 is 11.9 Å². The van der Waals surface area contributed by atoms with Crippen LogP contribution in [-0.2, 0) is 9.47 Å². The molecule has 10 nitrogen and oxygen atoms in total. The van der Waals surface area contributed by atoms with E-state index in [1.54, 1.807) is 48.5 Å². The summed E-state index contributed by atoms with van der Waals surface area (Å²) in [6, 6.07) is 50.1. The summed E-state index contributed by atoms with van der Waals surface area (Å²) in [6.45, 7) is 0. The van der Waals surface area contributed by atoms with Crippen LogP contribution in [0, 0.1) is 22.7 Å². The zero-order valence-electron chi connectivity index (χ0n) is 31.2. The lowest BCUT2D eigenvalue weighted by Gasteiger charge is -2.23. The summed E-state index contributed by atoms with van der Waals surface area (Å²) >= 11 is 0. The minimum Gasteiger partial charge on any atom is -0.465 e. The van der Waals surface area contributed by atoms with Gasteiger partial charge in [0.25, 0.3) is 0 Å². The molecule has 0 saturated heterocycles. The molecule has 7 aromatic carbocycles. The number of rotatable bonds is 12. The number of carbonyl (C=O) groups is 2. The van der Waals surface area contributed by atoms with Gasteiger partial charge in [0.1, 0.15) is 46.3 Å². The smallest absolute Gasteiger partial charge is 0.337 e. The van der Waals surface area contributed by atoms with E-state index in [0.29, 0.717) is 22.6 Å². The highest BCUT2D eigenvalue weighted by atomic mass is 16.6. The molecule has 282 valence electrons. The first kappa shape index (κ1) is 38.0. The largest absolute Gasteiger partial charge is 0.465 e. The molecule has 7 rings (SSSR count). The molecule has 0 aromatic heterocycles. The van der Waals surface area contributed by atoms with E-state index in [1.165, 1.54) is 38.5 Å². The Labute approximate surface area is 334 Å². The number of para-hydroxylation sites is 2. The second kappa shape index (κ2) is 17.4. The molecular formula is C48H32N2O8. The van der Waals surface area contributed by atoms with Gasteiger partial charge in [-0.2, -0.15) is 10.5 Å². The van der Waals surface area contributed by atoms with E-state index in [-0.39, 0.29) is 56.8 Å². The van der Waals surface area contributed by atoms with E-state index in [4.69, 9.17) is 28.4 Å². The van der Waals surface area contributed by atoms with Crippen molar-refractivity contribution in [3.8, 4) is 80.4 Å². The van der Waals surface area contributed by atoms with Crippen LogP contribution in [0.2, 0.25) is 0 Å². The summed E-state index contributed by atoms with van der Waals surface area (Å²) in [5.41, 5.74) is 3.18. The van der Waals surface area contributed by atoms with Crippen LogP contribution in [0.3, 0.4) is 0 Å². The number of benzene rings is 7. The van der Waals surface area contributed by atoms with Gasteiger partial charge in [0.05, 0.1) is 25.3 Å². The van der Waals surface area contributed by atoms with E-state index in [9.17, 15) is 20.1 Å². The zero-order chi connectivity index (χ0) is 40.4. The summed E-state index contributed by atoms with van der Waals surface area (Å²) in [5.74, 6) is -0.549. The maximum absolute atomic E-state index is 12.3. The van der Waals surface area contributed by atoms with Gasteiger partial charge < -0.3 is 28.4 Å². The summed E-state index contributed by atoms with van der Waals surface area (Å²) in [6.07, 6.45) is 0. The normalized spacial score (nSPS) is 10.3. The molecule has 0 atom stereocenters. The lowest BCUT2D eigenvalue weighted by molar-refractivity contribution is 0.0592. The van der Waals surface area contributed by atoms with Gasteiger partial charge in [0.2, 0.25) is 11.5 Å². The Bertz CT molecular complexity index is 2500. The molecule has 0 N–H and O–H groups in total. The van der Waals surface area contributed by atoms with E-state index in [0.717, 1.165) is 11.1 Å². The molecule has 10 heteroatoms. The third kappa shape index (κ3) is 8.03. The molecule has 0 aliphatic rings. The molecule has 0 spiro atoms.